The van der Waals surface area contributed by atoms with Crippen LogP contribution in [0.1, 0.15) is 76.6 Å². The van der Waals surface area contributed by atoms with Crippen LogP contribution in [-0.4, -0.2) is 136 Å². The Bertz CT molecular complexity index is 2100. The molecule has 0 spiro atoms. The lowest BCUT2D eigenvalue weighted by Crippen LogP contribution is -2.60. The van der Waals surface area contributed by atoms with E-state index in [9.17, 15) is 24.6 Å². The minimum Gasteiger partial charge on any atom is -0.480 e. The topological polar surface area (TPSA) is 165 Å². The quantitative estimate of drug-likeness (QED) is 0.172. The summed E-state index contributed by atoms with van der Waals surface area (Å²) in [5.41, 5.74) is 9.70. The van der Waals surface area contributed by atoms with Crippen LogP contribution in [0.3, 0.4) is 0 Å². The van der Waals surface area contributed by atoms with E-state index in [1.807, 2.05) is 12.3 Å². The number of carboxylic acid groups (broad SMARTS) is 1. The van der Waals surface area contributed by atoms with Gasteiger partial charge in [0.15, 0.2) is 0 Å². The van der Waals surface area contributed by atoms with Crippen molar-refractivity contribution in [1.82, 2.24) is 35.1 Å². The van der Waals surface area contributed by atoms with Gasteiger partial charge in [0, 0.05) is 105 Å². The van der Waals surface area contributed by atoms with E-state index in [4.69, 9.17) is 14.7 Å². The molecule has 14 nitrogen and oxygen atoms in total. The molecule has 6 atom stereocenters. The zero-order valence-electron chi connectivity index (χ0n) is 35.7. The van der Waals surface area contributed by atoms with E-state index in [2.05, 4.69) is 84.3 Å². The Morgan fingerprint density at radius 2 is 1.90 bits per heavy atom. The van der Waals surface area contributed by atoms with E-state index >= 15 is 0 Å². The van der Waals surface area contributed by atoms with Gasteiger partial charge in [0.25, 0.3) is 5.91 Å². The van der Waals surface area contributed by atoms with E-state index < -0.39 is 23.5 Å². The standard InChI is InChI=1S/C44H62N8O6S/c1-8-51-37-12-11-28(36-24-59-38(46-36)21-35(47-41(54)30-18-26(30)2)42(55)52-13-9-10-34(48-52)43(56)57)19-31(37)33(22-44(4,5)25-53)40(51)32-20-29(23-45-39(32)27(3)58-7)50-16-14-49(6)15-17-50/h11-12,19,23-24,26-27,29-30,34-35,48,53H,8-10,13-18,20-22,25H2,1-7H3,(H,47,54)(H,56,57)/t26-,27-,29?,30-,34-,35-/m0/s1. The molecule has 1 aliphatic carbocycles. The molecule has 4 aliphatic rings. The van der Waals surface area contributed by atoms with Gasteiger partial charge in [-0.3, -0.25) is 29.3 Å². The summed E-state index contributed by atoms with van der Waals surface area (Å²) in [4.78, 5) is 53.9. The zero-order chi connectivity index (χ0) is 42.2. The molecule has 1 saturated carbocycles. The number of likely N-dealkylation sites (N-methyl/N-ethyl adjacent to an activating group) is 1. The van der Waals surface area contributed by atoms with E-state index in [-0.39, 0.29) is 48.8 Å². The number of ether oxygens (including phenoxy) is 1. The fraction of sp³-hybridized carbons (Fsp3) is 0.614. The third-order valence-electron chi connectivity index (χ3n) is 12.7. The first-order valence-electron chi connectivity index (χ1n) is 21.3. The number of piperazine rings is 1. The minimum atomic E-state index is -1.01. The van der Waals surface area contributed by atoms with Gasteiger partial charge in [-0.2, -0.15) is 0 Å². The SMILES string of the molecule is CCn1c(C2=C([C@H](C)OC)N=CC(N3CCN(C)CC3)C2)c(CC(C)(C)CO)c2cc(-c3csc(C[C@H](NC(=O)[C@H]4C[C@@H]4C)C(=O)N4CCC[C@@H](C(=O)O)N4)n3)ccc21. The largest absolute Gasteiger partial charge is 0.480 e. The maximum atomic E-state index is 13.9. The van der Waals surface area contributed by atoms with Crippen LogP contribution >= 0.6 is 11.3 Å². The number of hydrazine groups is 1. The third-order valence-corrected chi connectivity index (χ3v) is 13.6. The molecule has 4 N–H and O–H groups in total. The molecule has 59 heavy (non-hydrogen) atoms. The number of nitrogens with zero attached hydrogens (tertiary/aromatic N) is 6. The molecule has 320 valence electrons. The monoisotopic (exact) mass is 830 g/mol. The van der Waals surface area contributed by atoms with E-state index in [1.165, 1.54) is 27.5 Å². The first-order chi connectivity index (χ1) is 28.2. The second-order valence-electron chi connectivity index (χ2n) is 17.8. The number of rotatable bonds is 15. The number of hydrogen-bond acceptors (Lipinski definition) is 11. The molecule has 1 aromatic carbocycles. The molecule has 3 aliphatic heterocycles. The van der Waals surface area contributed by atoms with Crippen molar-refractivity contribution >= 4 is 51.8 Å². The molecular weight excluding hydrogens is 769 g/mol. The van der Waals surface area contributed by atoms with E-state index in [0.717, 1.165) is 79.1 Å². The van der Waals surface area contributed by atoms with Gasteiger partial charge in [0.2, 0.25) is 5.91 Å². The number of nitrogens with one attached hydrogen (secondary N) is 2. The number of aliphatic hydroxyl groups excluding tert-OH is 1. The lowest BCUT2D eigenvalue weighted by atomic mass is 9.83. The first kappa shape index (κ1) is 43.1. The van der Waals surface area contributed by atoms with Crippen LogP contribution in [0.4, 0.5) is 0 Å². The average Bonchev–Trinajstić information content (AvgIpc) is 3.66. The number of carboxylic acids is 1. The Morgan fingerprint density at radius 3 is 2.56 bits per heavy atom. The number of carbonyl (C=O) groups excluding carboxylic acids is 2. The number of methoxy groups -OCH3 is 1. The fourth-order valence-electron chi connectivity index (χ4n) is 8.83. The van der Waals surface area contributed by atoms with Gasteiger partial charge in [-0.1, -0.05) is 26.8 Å². The molecule has 2 amide bonds. The highest BCUT2D eigenvalue weighted by molar-refractivity contribution is 7.10. The summed E-state index contributed by atoms with van der Waals surface area (Å²) < 4.78 is 8.33. The maximum Gasteiger partial charge on any atom is 0.322 e. The molecule has 7 rings (SSSR count). The Hall–Kier alpha value is -3.99. The van der Waals surface area contributed by atoms with E-state index in [0.29, 0.717) is 30.8 Å². The van der Waals surface area contributed by atoms with Crippen molar-refractivity contribution in [3.8, 4) is 11.3 Å². The van der Waals surface area contributed by atoms with Crippen molar-refractivity contribution in [2.24, 2.45) is 22.2 Å². The van der Waals surface area contributed by atoms with Gasteiger partial charge < -0.3 is 29.7 Å². The third kappa shape index (κ3) is 9.35. The summed E-state index contributed by atoms with van der Waals surface area (Å²) in [6.45, 7) is 15.6. The summed E-state index contributed by atoms with van der Waals surface area (Å²) in [6.07, 6.45) is 5.29. The first-order valence-corrected chi connectivity index (χ1v) is 22.1. The number of hydrogen-bond donors (Lipinski definition) is 4. The number of amides is 2. The summed E-state index contributed by atoms with van der Waals surface area (Å²) in [6, 6.07) is 4.88. The van der Waals surface area contributed by atoms with Crippen LogP contribution in [0.5, 0.6) is 0 Å². The number of thiazole rings is 1. The number of aliphatic hydroxyl groups is 1. The second kappa shape index (κ2) is 17.9. The van der Waals surface area contributed by atoms with Crippen LogP contribution in [-0.2, 0) is 38.5 Å². The number of carbonyl (C=O) groups is 3. The molecule has 5 heterocycles. The van der Waals surface area contributed by atoms with Crippen LogP contribution in [0.15, 0.2) is 34.3 Å². The highest BCUT2D eigenvalue weighted by atomic mass is 32.1. The molecule has 15 heteroatoms. The molecule has 1 unspecified atom stereocenters. The molecule has 2 saturated heterocycles. The highest BCUT2D eigenvalue weighted by Gasteiger charge is 2.42. The lowest BCUT2D eigenvalue weighted by molar-refractivity contribution is -0.148. The van der Waals surface area contributed by atoms with Crippen molar-refractivity contribution in [1.29, 1.82) is 0 Å². The predicted molar refractivity (Wildman–Crippen MR) is 231 cm³/mol. The summed E-state index contributed by atoms with van der Waals surface area (Å²) in [5.74, 6) is -1.39. The minimum absolute atomic E-state index is 0.0306. The molecular formula is C44H62N8O6S. The van der Waals surface area contributed by atoms with Gasteiger partial charge >= 0.3 is 5.97 Å². The molecule has 0 radical (unpaired) electrons. The van der Waals surface area contributed by atoms with Gasteiger partial charge in [0.05, 0.1) is 28.2 Å². The summed E-state index contributed by atoms with van der Waals surface area (Å²) in [5, 5.41) is 28.4. The molecule has 3 aromatic rings. The van der Waals surface area contributed by atoms with Crippen molar-refractivity contribution in [2.45, 2.75) is 104 Å². The van der Waals surface area contributed by atoms with Crippen molar-refractivity contribution in [3.63, 3.8) is 0 Å². The summed E-state index contributed by atoms with van der Waals surface area (Å²) >= 11 is 1.44. The van der Waals surface area contributed by atoms with Crippen molar-refractivity contribution in [3.05, 3.63) is 45.5 Å². The van der Waals surface area contributed by atoms with Crippen molar-refractivity contribution in [2.75, 3.05) is 53.5 Å². The van der Waals surface area contributed by atoms with Gasteiger partial charge in [-0.05, 0) is 82.0 Å². The van der Waals surface area contributed by atoms with Gasteiger partial charge in [0.1, 0.15) is 12.1 Å². The van der Waals surface area contributed by atoms with Crippen molar-refractivity contribution < 1.29 is 29.3 Å². The van der Waals surface area contributed by atoms with Gasteiger partial charge in [-0.25, -0.2) is 10.4 Å². The highest BCUT2D eigenvalue weighted by Crippen LogP contribution is 2.42. The second-order valence-corrected chi connectivity index (χ2v) is 18.7. The number of aromatic nitrogens is 2. The summed E-state index contributed by atoms with van der Waals surface area (Å²) in [7, 11) is 3.91. The Labute approximate surface area is 351 Å². The number of aryl methyl sites for hydroxylation is 1. The Balaban J connectivity index is 1.24. The van der Waals surface area contributed by atoms with E-state index in [1.54, 1.807) is 7.11 Å². The van der Waals surface area contributed by atoms with Crippen LogP contribution < -0.4 is 10.7 Å². The molecule has 0 bridgehead atoms. The van der Waals surface area contributed by atoms with Crippen LogP contribution in [0.2, 0.25) is 0 Å². The Morgan fingerprint density at radius 1 is 1.15 bits per heavy atom. The number of aliphatic carboxylic acids is 1. The van der Waals surface area contributed by atoms with Gasteiger partial charge in [-0.15, -0.1) is 11.3 Å². The number of benzene rings is 1. The lowest BCUT2D eigenvalue weighted by Gasteiger charge is -2.38. The zero-order valence-corrected chi connectivity index (χ0v) is 36.5. The molecule has 3 fully saturated rings. The fourth-order valence-corrected chi connectivity index (χ4v) is 9.68. The average molecular weight is 831 g/mol. The van der Waals surface area contributed by atoms with Crippen LogP contribution in [0, 0.1) is 17.3 Å². The predicted octanol–water partition coefficient (Wildman–Crippen LogP) is 4.45. The number of fused-ring (bicyclic) bond motifs is 1. The number of aliphatic imine (C=N–C) groups is 1. The smallest absolute Gasteiger partial charge is 0.322 e. The van der Waals surface area contributed by atoms with Crippen LogP contribution in [0.25, 0.3) is 27.7 Å². The maximum absolute atomic E-state index is 13.9. The molecule has 2 aromatic heterocycles. The Kier molecular flexibility index (Phi) is 13.1. The normalized spacial score (nSPS) is 24.1.